The maximum absolute atomic E-state index is 12.0. The van der Waals surface area contributed by atoms with E-state index in [9.17, 15) is 9.59 Å². The zero-order chi connectivity index (χ0) is 15.5. The van der Waals surface area contributed by atoms with Crippen LogP contribution < -0.4 is 0 Å². The fourth-order valence-corrected chi connectivity index (χ4v) is 4.88. The molecule has 4 nitrogen and oxygen atoms in total. The normalized spacial score (nSPS) is 35.4. The zero-order valence-electron chi connectivity index (χ0n) is 13.6. The molecule has 0 aliphatic heterocycles. The van der Waals surface area contributed by atoms with E-state index in [-0.39, 0.29) is 30.9 Å². The van der Waals surface area contributed by atoms with Gasteiger partial charge in [0.1, 0.15) is 6.10 Å². The number of rotatable bonds is 7. The largest absolute Gasteiger partial charge is 0.466 e. The van der Waals surface area contributed by atoms with Crippen molar-refractivity contribution in [1.82, 2.24) is 0 Å². The highest BCUT2D eigenvalue weighted by molar-refractivity contribution is 5.77. The molecule has 4 rings (SSSR count). The number of hydrogen-bond acceptors (Lipinski definition) is 4. The molecule has 0 atom stereocenters. The Kier molecular flexibility index (Phi) is 5.04. The lowest BCUT2D eigenvalue weighted by Gasteiger charge is -2.53. The molecule has 0 unspecified atom stereocenters. The smallest absolute Gasteiger partial charge is 0.306 e. The molecule has 4 saturated carbocycles. The van der Waals surface area contributed by atoms with Gasteiger partial charge in [-0.1, -0.05) is 13.3 Å². The molecule has 0 N–H and O–H groups in total. The standard InChI is InChI=1S/C18H28O4/c1-2-3-6-21-16(19)4-5-17(20)22-18-14-8-12-7-13(10-14)11-15(18)9-12/h12-15,18H,2-11H2,1H3. The van der Waals surface area contributed by atoms with Gasteiger partial charge in [-0.25, -0.2) is 0 Å². The summed E-state index contributed by atoms with van der Waals surface area (Å²) in [5.74, 6) is 2.42. The highest BCUT2D eigenvalue weighted by Gasteiger charge is 2.49. The number of carbonyl (C=O) groups excluding carboxylic acids is 2. The molecule has 22 heavy (non-hydrogen) atoms. The van der Waals surface area contributed by atoms with E-state index in [0.29, 0.717) is 18.4 Å². The molecule has 4 aliphatic carbocycles. The topological polar surface area (TPSA) is 52.6 Å². The Balaban J connectivity index is 1.40. The van der Waals surface area contributed by atoms with E-state index in [2.05, 4.69) is 6.92 Å². The lowest BCUT2D eigenvalue weighted by Crippen LogP contribution is -2.50. The van der Waals surface area contributed by atoms with Crippen LogP contribution in [0.2, 0.25) is 0 Å². The minimum atomic E-state index is -0.282. The van der Waals surface area contributed by atoms with E-state index in [1.165, 1.54) is 32.1 Å². The maximum Gasteiger partial charge on any atom is 0.306 e. The molecule has 0 radical (unpaired) electrons. The second-order valence-corrected chi connectivity index (χ2v) is 7.46. The van der Waals surface area contributed by atoms with Crippen LogP contribution in [0.5, 0.6) is 0 Å². The van der Waals surface area contributed by atoms with Crippen LogP contribution in [0.1, 0.15) is 64.7 Å². The van der Waals surface area contributed by atoms with Gasteiger partial charge in [-0.2, -0.15) is 0 Å². The summed E-state index contributed by atoms with van der Waals surface area (Å²) >= 11 is 0. The number of unbranched alkanes of at least 4 members (excludes halogenated alkanes) is 1. The average Bonchev–Trinajstić information content (AvgIpc) is 2.48. The summed E-state index contributed by atoms with van der Waals surface area (Å²) in [7, 11) is 0. The van der Waals surface area contributed by atoms with Gasteiger partial charge in [0.15, 0.2) is 0 Å². The van der Waals surface area contributed by atoms with Gasteiger partial charge in [-0.3, -0.25) is 9.59 Å². The molecule has 0 spiro atoms. The van der Waals surface area contributed by atoms with E-state index in [1.807, 2.05) is 0 Å². The molecule has 0 heterocycles. The molecule has 124 valence electrons. The Bertz CT molecular complexity index is 389. The van der Waals surface area contributed by atoms with Gasteiger partial charge in [0.05, 0.1) is 19.4 Å². The minimum absolute atomic E-state index is 0.122. The molecule has 0 amide bonds. The van der Waals surface area contributed by atoms with Crippen molar-refractivity contribution in [3.8, 4) is 0 Å². The van der Waals surface area contributed by atoms with Crippen LogP contribution in [0.25, 0.3) is 0 Å². The van der Waals surface area contributed by atoms with Crippen molar-refractivity contribution in [2.24, 2.45) is 23.7 Å². The first kappa shape index (κ1) is 15.8. The Hall–Kier alpha value is -1.06. The maximum atomic E-state index is 12.0. The first-order valence-corrected chi connectivity index (χ1v) is 9.00. The van der Waals surface area contributed by atoms with Gasteiger partial charge >= 0.3 is 11.9 Å². The summed E-state index contributed by atoms with van der Waals surface area (Å²) in [5, 5.41) is 0. The van der Waals surface area contributed by atoms with Crippen molar-refractivity contribution in [1.29, 1.82) is 0 Å². The Morgan fingerprint density at radius 1 is 0.909 bits per heavy atom. The second kappa shape index (κ2) is 7.01. The molecular formula is C18H28O4. The van der Waals surface area contributed by atoms with Crippen LogP contribution in [0.4, 0.5) is 0 Å². The average molecular weight is 308 g/mol. The van der Waals surface area contributed by atoms with Crippen LogP contribution >= 0.6 is 0 Å². The van der Waals surface area contributed by atoms with Gasteiger partial charge in [-0.05, 0) is 62.2 Å². The monoisotopic (exact) mass is 308 g/mol. The fourth-order valence-electron chi connectivity index (χ4n) is 4.88. The molecule has 4 bridgehead atoms. The van der Waals surface area contributed by atoms with Gasteiger partial charge in [0.25, 0.3) is 0 Å². The van der Waals surface area contributed by atoms with Crippen LogP contribution in [-0.4, -0.2) is 24.6 Å². The van der Waals surface area contributed by atoms with E-state index in [0.717, 1.165) is 24.7 Å². The third kappa shape index (κ3) is 3.64. The fraction of sp³-hybridized carbons (Fsp3) is 0.889. The van der Waals surface area contributed by atoms with Crippen molar-refractivity contribution >= 4 is 11.9 Å². The lowest BCUT2D eigenvalue weighted by molar-refractivity contribution is -0.172. The molecule has 0 aromatic carbocycles. The highest BCUT2D eigenvalue weighted by atomic mass is 16.5. The van der Waals surface area contributed by atoms with Crippen LogP contribution in [0.15, 0.2) is 0 Å². The zero-order valence-corrected chi connectivity index (χ0v) is 13.6. The van der Waals surface area contributed by atoms with Crippen LogP contribution in [0.3, 0.4) is 0 Å². The Morgan fingerprint density at radius 2 is 1.50 bits per heavy atom. The lowest BCUT2D eigenvalue weighted by atomic mass is 9.55. The third-order valence-electron chi connectivity index (χ3n) is 5.70. The third-order valence-corrected chi connectivity index (χ3v) is 5.70. The Labute approximate surface area is 132 Å². The second-order valence-electron chi connectivity index (χ2n) is 7.46. The summed E-state index contributed by atoms with van der Waals surface area (Å²) in [4.78, 5) is 23.6. The summed E-state index contributed by atoms with van der Waals surface area (Å²) in [6.07, 6.45) is 8.67. The highest BCUT2D eigenvalue weighted by Crippen LogP contribution is 2.54. The van der Waals surface area contributed by atoms with Gasteiger partial charge < -0.3 is 9.47 Å². The van der Waals surface area contributed by atoms with Crippen LogP contribution in [0, 0.1) is 23.7 Å². The Morgan fingerprint density at radius 3 is 2.09 bits per heavy atom. The molecular weight excluding hydrogens is 280 g/mol. The van der Waals surface area contributed by atoms with E-state index < -0.39 is 0 Å². The van der Waals surface area contributed by atoms with Gasteiger partial charge in [0, 0.05) is 0 Å². The van der Waals surface area contributed by atoms with E-state index >= 15 is 0 Å². The number of carbonyl (C=O) groups is 2. The van der Waals surface area contributed by atoms with Crippen LogP contribution in [-0.2, 0) is 19.1 Å². The first-order valence-electron chi connectivity index (χ1n) is 9.00. The molecule has 4 fully saturated rings. The molecule has 4 heteroatoms. The van der Waals surface area contributed by atoms with Crippen molar-refractivity contribution < 1.29 is 19.1 Å². The quantitative estimate of drug-likeness (QED) is 0.534. The van der Waals surface area contributed by atoms with E-state index in [1.54, 1.807) is 0 Å². The van der Waals surface area contributed by atoms with Gasteiger partial charge in [-0.15, -0.1) is 0 Å². The molecule has 0 aromatic heterocycles. The SMILES string of the molecule is CCCCOC(=O)CCC(=O)OC1C2CC3CC(C2)CC1C3. The predicted octanol–water partition coefficient (Wildman–Crippen LogP) is 3.48. The minimum Gasteiger partial charge on any atom is -0.466 e. The first-order chi connectivity index (χ1) is 10.7. The van der Waals surface area contributed by atoms with E-state index in [4.69, 9.17) is 9.47 Å². The predicted molar refractivity (Wildman–Crippen MR) is 82.0 cm³/mol. The van der Waals surface area contributed by atoms with Crippen molar-refractivity contribution in [2.45, 2.75) is 70.8 Å². The molecule has 4 aliphatic rings. The summed E-state index contributed by atoms with van der Waals surface area (Å²) in [6.45, 7) is 2.51. The molecule has 0 saturated heterocycles. The number of ether oxygens (including phenoxy) is 2. The van der Waals surface area contributed by atoms with Crippen molar-refractivity contribution in [3.63, 3.8) is 0 Å². The molecule has 0 aromatic rings. The number of esters is 2. The van der Waals surface area contributed by atoms with Gasteiger partial charge in [0.2, 0.25) is 0 Å². The summed E-state index contributed by atoms with van der Waals surface area (Å²) < 4.78 is 10.8. The van der Waals surface area contributed by atoms with Crippen molar-refractivity contribution in [3.05, 3.63) is 0 Å². The van der Waals surface area contributed by atoms with Crippen molar-refractivity contribution in [2.75, 3.05) is 6.61 Å². The summed E-state index contributed by atoms with van der Waals surface area (Å²) in [6, 6.07) is 0. The summed E-state index contributed by atoms with van der Waals surface area (Å²) in [5.41, 5.74) is 0. The number of hydrogen-bond donors (Lipinski definition) is 0.